The largest absolute Gasteiger partial charge is 0.310 e. The highest BCUT2D eigenvalue weighted by Crippen LogP contribution is 2.27. The molecule has 2 rings (SSSR count). The molecule has 1 N–H and O–H groups in total. The first-order chi connectivity index (χ1) is 8.16. The van der Waals surface area contributed by atoms with Crippen LogP contribution in [0.4, 0.5) is 0 Å². The molecule has 0 fully saturated rings. The van der Waals surface area contributed by atoms with Crippen molar-refractivity contribution >= 4 is 22.9 Å². The molecule has 0 bridgehead atoms. The third-order valence-electron chi connectivity index (χ3n) is 2.61. The van der Waals surface area contributed by atoms with Crippen LogP contribution in [0.1, 0.15) is 19.4 Å². The normalized spacial score (nSPS) is 11.1. The first-order valence-electron chi connectivity index (χ1n) is 5.71. The standard InChI is InChI=1S/C14H16ClNS/c1-10(2)16-8-12-4-3-11(7-14(12)15)13-5-6-17-9-13/h3-7,9-10,16H,8H2,1-2H3. The fourth-order valence-corrected chi connectivity index (χ4v) is 2.53. The van der Waals surface area contributed by atoms with Crippen molar-refractivity contribution in [3.05, 3.63) is 45.6 Å². The Balaban J connectivity index is 2.17. The molecule has 1 nitrogen and oxygen atoms in total. The Labute approximate surface area is 111 Å². The molecule has 1 heterocycles. The zero-order valence-corrected chi connectivity index (χ0v) is 11.6. The van der Waals surface area contributed by atoms with E-state index in [1.54, 1.807) is 11.3 Å². The number of hydrogen-bond donors (Lipinski definition) is 1. The predicted octanol–water partition coefficient (Wildman–Crippen LogP) is 4.57. The monoisotopic (exact) mass is 265 g/mol. The molecule has 0 unspecified atom stereocenters. The van der Waals surface area contributed by atoms with Gasteiger partial charge in [-0.3, -0.25) is 0 Å². The van der Waals surface area contributed by atoms with Crippen LogP contribution in [0.2, 0.25) is 5.02 Å². The second kappa shape index (κ2) is 5.67. The van der Waals surface area contributed by atoms with E-state index in [9.17, 15) is 0 Å². The lowest BCUT2D eigenvalue weighted by Crippen LogP contribution is -2.21. The predicted molar refractivity (Wildman–Crippen MR) is 76.7 cm³/mol. The van der Waals surface area contributed by atoms with Gasteiger partial charge in [0.05, 0.1) is 0 Å². The topological polar surface area (TPSA) is 12.0 Å². The Hall–Kier alpha value is -0.830. The van der Waals surface area contributed by atoms with E-state index in [0.29, 0.717) is 6.04 Å². The summed E-state index contributed by atoms with van der Waals surface area (Å²) in [5.74, 6) is 0. The molecule has 0 aliphatic heterocycles. The molecule has 3 heteroatoms. The van der Waals surface area contributed by atoms with E-state index < -0.39 is 0 Å². The number of hydrogen-bond acceptors (Lipinski definition) is 2. The Morgan fingerprint density at radius 3 is 2.65 bits per heavy atom. The summed E-state index contributed by atoms with van der Waals surface area (Å²) in [5.41, 5.74) is 3.57. The molecule has 0 radical (unpaired) electrons. The highest BCUT2D eigenvalue weighted by Gasteiger charge is 2.04. The molecule has 2 aromatic rings. The second-order valence-corrected chi connectivity index (χ2v) is 5.54. The molecule has 1 aromatic carbocycles. The van der Waals surface area contributed by atoms with E-state index >= 15 is 0 Å². The third-order valence-corrected chi connectivity index (χ3v) is 3.64. The van der Waals surface area contributed by atoms with E-state index in [1.165, 1.54) is 11.1 Å². The quantitative estimate of drug-likeness (QED) is 0.854. The van der Waals surface area contributed by atoms with E-state index in [4.69, 9.17) is 11.6 Å². The van der Waals surface area contributed by atoms with Crippen LogP contribution in [-0.2, 0) is 6.54 Å². The van der Waals surface area contributed by atoms with Gasteiger partial charge in [0.1, 0.15) is 0 Å². The minimum Gasteiger partial charge on any atom is -0.310 e. The molecular weight excluding hydrogens is 250 g/mol. The maximum atomic E-state index is 6.29. The van der Waals surface area contributed by atoms with E-state index in [-0.39, 0.29) is 0 Å². The summed E-state index contributed by atoms with van der Waals surface area (Å²) in [6, 6.07) is 8.86. The maximum Gasteiger partial charge on any atom is 0.0457 e. The summed E-state index contributed by atoms with van der Waals surface area (Å²) in [5, 5.41) is 8.43. The summed E-state index contributed by atoms with van der Waals surface area (Å²) in [6.07, 6.45) is 0. The molecule has 0 saturated carbocycles. The summed E-state index contributed by atoms with van der Waals surface area (Å²) in [7, 11) is 0. The Bertz CT molecular complexity index is 477. The molecule has 0 aliphatic carbocycles. The van der Waals surface area contributed by atoms with Crippen LogP contribution >= 0.6 is 22.9 Å². The van der Waals surface area contributed by atoms with E-state index in [2.05, 4.69) is 48.1 Å². The lowest BCUT2D eigenvalue weighted by atomic mass is 10.1. The molecule has 90 valence electrons. The smallest absolute Gasteiger partial charge is 0.0457 e. The lowest BCUT2D eigenvalue weighted by Gasteiger charge is -2.10. The summed E-state index contributed by atoms with van der Waals surface area (Å²) < 4.78 is 0. The SMILES string of the molecule is CC(C)NCc1ccc(-c2ccsc2)cc1Cl. The number of rotatable bonds is 4. The zero-order chi connectivity index (χ0) is 12.3. The molecule has 1 aromatic heterocycles. The molecule has 17 heavy (non-hydrogen) atoms. The van der Waals surface area contributed by atoms with Gasteiger partial charge in [-0.15, -0.1) is 0 Å². The highest BCUT2D eigenvalue weighted by atomic mass is 35.5. The van der Waals surface area contributed by atoms with Crippen LogP contribution in [0, 0.1) is 0 Å². The molecule has 0 saturated heterocycles. The highest BCUT2D eigenvalue weighted by molar-refractivity contribution is 7.08. The minimum absolute atomic E-state index is 0.475. The van der Waals surface area contributed by atoms with Gasteiger partial charge >= 0.3 is 0 Å². The van der Waals surface area contributed by atoms with Crippen molar-refractivity contribution in [3.8, 4) is 11.1 Å². The van der Waals surface area contributed by atoms with Gasteiger partial charge in [0.25, 0.3) is 0 Å². The number of benzene rings is 1. The second-order valence-electron chi connectivity index (χ2n) is 4.35. The van der Waals surface area contributed by atoms with Gasteiger partial charge in [0, 0.05) is 17.6 Å². The van der Waals surface area contributed by atoms with Crippen molar-refractivity contribution < 1.29 is 0 Å². The number of halogens is 1. The summed E-state index contributed by atoms with van der Waals surface area (Å²) >= 11 is 8.00. The Morgan fingerprint density at radius 1 is 1.24 bits per heavy atom. The van der Waals surface area contributed by atoms with Crippen molar-refractivity contribution in [2.24, 2.45) is 0 Å². The van der Waals surface area contributed by atoms with Gasteiger partial charge in [-0.2, -0.15) is 11.3 Å². The fraction of sp³-hybridized carbons (Fsp3) is 0.286. The lowest BCUT2D eigenvalue weighted by molar-refractivity contribution is 0.589. The molecule has 0 amide bonds. The minimum atomic E-state index is 0.475. The van der Waals surface area contributed by atoms with E-state index in [0.717, 1.165) is 17.1 Å². The summed E-state index contributed by atoms with van der Waals surface area (Å²) in [6.45, 7) is 5.08. The maximum absolute atomic E-state index is 6.29. The number of thiophene rings is 1. The van der Waals surface area contributed by atoms with Crippen molar-refractivity contribution in [1.82, 2.24) is 5.32 Å². The van der Waals surface area contributed by atoms with Gasteiger partial charge in [-0.1, -0.05) is 37.6 Å². The van der Waals surface area contributed by atoms with Crippen LogP contribution in [0.15, 0.2) is 35.0 Å². The average molecular weight is 266 g/mol. The van der Waals surface area contributed by atoms with Gasteiger partial charge in [0.15, 0.2) is 0 Å². The molecule has 0 atom stereocenters. The van der Waals surface area contributed by atoms with Gasteiger partial charge in [-0.05, 0) is 39.6 Å². The third kappa shape index (κ3) is 3.32. The van der Waals surface area contributed by atoms with Crippen LogP contribution in [0.3, 0.4) is 0 Å². The van der Waals surface area contributed by atoms with Crippen molar-refractivity contribution in [3.63, 3.8) is 0 Å². The van der Waals surface area contributed by atoms with E-state index in [1.807, 2.05) is 6.07 Å². The Kier molecular flexibility index (Phi) is 4.21. The summed E-state index contributed by atoms with van der Waals surface area (Å²) in [4.78, 5) is 0. The van der Waals surface area contributed by atoms with Gasteiger partial charge < -0.3 is 5.32 Å². The van der Waals surface area contributed by atoms with Crippen molar-refractivity contribution in [2.45, 2.75) is 26.4 Å². The van der Waals surface area contributed by atoms with Crippen molar-refractivity contribution in [1.29, 1.82) is 0 Å². The molecule has 0 spiro atoms. The molecular formula is C14H16ClNS. The van der Waals surface area contributed by atoms with Crippen LogP contribution in [0.25, 0.3) is 11.1 Å². The first-order valence-corrected chi connectivity index (χ1v) is 7.03. The molecule has 0 aliphatic rings. The van der Waals surface area contributed by atoms with Gasteiger partial charge in [-0.25, -0.2) is 0 Å². The fourth-order valence-electron chi connectivity index (χ4n) is 1.61. The zero-order valence-electron chi connectivity index (χ0n) is 10.0. The average Bonchev–Trinajstić information content (AvgIpc) is 2.80. The van der Waals surface area contributed by atoms with Gasteiger partial charge in [0.2, 0.25) is 0 Å². The Morgan fingerprint density at radius 2 is 2.06 bits per heavy atom. The van der Waals surface area contributed by atoms with Crippen LogP contribution in [-0.4, -0.2) is 6.04 Å². The van der Waals surface area contributed by atoms with Crippen molar-refractivity contribution in [2.75, 3.05) is 0 Å². The first kappa shape index (κ1) is 12.6. The number of nitrogens with one attached hydrogen (secondary N) is 1. The van der Waals surface area contributed by atoms with Crippen LogP contribution in [0.5, 0.6) is 0 Å². The van der Waals surface area contributed by atoms with Crippen LogP contribution < -0.4 is 5.32 Å².